The van der Waals surface area contributed by atoms with Crippen molar-refractivity contribution >= 4 is 5.97 Å². The van der Waals surface area contributed by atoms with Gasteiger partial charge in [0.15, 0.2) is 0 Å². The summed E-state index contributed by atoms with van der Waals surface area (Å²) < 4.78 is 16.0. The van der Waals surface area contributed by atoms with Crippen molar-refractivity contribution in [2.45, 2.75) is 38.4 Å². The van der Waals surface area contributed by atoms with Gasteiger partial charge >= 0.3 is 5.97 Å². The average molecular weight is 292 g/mol. The standard InChI is InChI=1S/C16H20O5/c17-15(18)9-6-13-4-7-14(8-5-13)19-10-2-1-3-16-20-11-12-21-16/h4-5,7-8,11-12,16H,1-3,6,9-10H2,(H,17,18). The highest BCUT2D eigenvalue weighted by Crippen LogP contribution is 2.15. The summed E-state index contributed by atoms with van der Waals surface area (Å²) in [5.41, 5.74) is 1.01. The monoisotopic (exact) mass is 292 g/mol. The van der Waals surface area contributed by atoms with Crippen LogP contribution in [-0.2, 0) is 20.7 Å². The van der Waals surface area contributed by atoms with Gasteiger partial charge in [-0.1, -0.05) is 12.1 Å². The summed E-state index contributed by atoms with van der Waals surface area (Å²) in [6.07, 6.45) is 6.45. The summed E-state index contributed by atoms with van der Waals surface area (Å²) in [6, 6.07) is 7.57. The van der Waals surface area contributed by atoms with Crippen molar-refractivity contribution in [3.8, 4) is 5.75 Å². The summed E-state index contributed by atoms with van der Waals surface area (Å²) in [5, 5.41) is 8.63. The fraction of sp³-hybridized carbons (Fsp3) is 0.438. The van der Waals surface area contributed by atoms with Crippen LogP contribution in [0.25, 0.3) is 0 Å². The van der Waals surface area contributed by atoms with Gasteiger partial charge in [0.05, 0.1) is 6.61 Å². The molecule has 0 aromatic heterocycles. The number of hydrogen-bond acceptors (Lipinski definition) is 4. The Morgan fingerprint density at radius 3 is 2.52 bits per heavy atom. The van der Waals surface area contributed by atoms with Crippen molar-refractivity contribution < 1.29 is 24.1 Å². The number of carboxylic acid groups (broad SMARTS) is 1. The molecule has 0 radical (unpaired) electrons. The Morgan fingerprint density at radius 1 is 1.14 bits per heavy atom. The van der Waals surface area contributed by atoms with E-state index in [-0.39, 0.29) is 12.7 Å². The Bertz CT molecular complexity index is 458. The third-order valence-corrected chi connectivity index (χ3v) is 3.17. The molecule has 1 aliphatic heterocycles. The van der Waals surface area contributed by atoms with Crippen LogP contribution >= 0.6 is 0 Å². The number of ether oxygens (including phenoxy) is 3. The first kappa shape index (κ1) is 15.2. The molecule has 0 spiro atoms. The second-order valence-corrected chi connectivity index (χ2v) is 4.86. The Kier molecular flexibility index (Phi) is 5.94. The van der Waals surface area contributed by atoms with E-state index < -0.39 is 5.97 Å². The Labute approximate surface area is 124 Å². The Hall–Kier alpha value is -2.17. The highest BCUT2D eigenvalue weighted by Gasteiger charge is 2.10. The molecular formula is C16H20O5. The van der Waals surface area contributed by atoms with Crippen LogP contribution in [0.4, 0.5) is 0 Å². The van der Waals surface area contributed by atoms with Gasteiger partial charge in [0.1, 0.15) is 18.3 Å². The largest absolute Gasteiger partial charge is 0.494 e. The molecule has 114 valence electrons. The fourth-order valence-electron chi connectivity index (χ4n) is 2.01. The number of aliphatic carboxylic acids is 1. The van der Waals surface area contributed by atoms with Gasteiger partial charge in [0.2, 0.25) is 6.29 Å². The second-order valence-electron chi connectivity index (χ2n) is 4.86. The molecule has 1 aliphatic rings. The van der Waals surface area contributed by atoms with Crippen molar-refractivity contribution in [1.29, 1.82) is 0 Å². The van der Waals surface area contributed by atoms with Crippen molar-refractivity contribution in [3.05, 3.63) is 42.4 Å². The third-order valence-electron chi connectivity index (χ3n) is 3.17. The number of unbranched alkanes of at least 4 members (excludes halogenated alkanes) is 1. The first-order valence-corrected chi connectivity index (χ1v) is 7.13. The number of rotatable bonds is 9. The molecule has 21 heavy (non-hydrogen) atoms. The van der Waals surface area contributed by atoms with Crippen LogP contribution in [0.3, 0.4) is 0 Å². The maximum Gasteiger partial charge on any atom is 0.303 e. The molecule has 0 unspecified atom stereocenters. The molecule has 1 N–H and O–H groups in total. The summed E-state index contributed by atoms with van der Waals surface area (Å²) in [6.45, 7) is 0.647. The maximum absolute atomic E-state index is 10.5. The second kappa shape index (κ2) is 8.19. The highest BCUT2D eigenvalue weighted by atomic mass is 16.7. The first-order valence-electron chi connectivity index (χ1n) is 7.13. The van der Waals surface area contributed by atoms with E-state index in [4.69, 9.17) is 19.3 Å². The summed E-state index contributed by atoms with van der Waals surface area (Å²) in [5.74, 6) is 0.0323. The maximum atomic E-state index is 10.5. The predicted octanol–water partition coefficient (Wildman–Crippen LogP) is 3.10. The average Bonchev–Trinajstić information content (AvgIpc) is 2.99. The molecule has 1 heterocycles. The Balaban J connectivity index is 1.58. The number of hydrogen-bond donors (Lipinski definition) is 1. The minimum Gasteiger partial charge on any atom is -0.494 e. The van der Waals surface area contributed by atoms with E-state index in [1.54, 1.807) is 12.5 Å². The summed E-state index contributed by atoms with van der Waals surface area (Å²) in [4.78, 5) is 10.5. The minimum atomic E-state index is -0.777. The molecule has 0 bridgehead atoms. The van der Waals surface area contributed by atoms with Crippen LogP contribution in [0.2, 0.25) is 0 Å². The molecule has 5 heteroatoms. The molecule has 0 aliphatic carbocycles. The van der Waals surface area contributed by atoms with Gasteiger partial charge in [0.25, 0.3) is 0 Å². The lowest BCUT2D eigenvalue weighted by atomic mass is 10.1. The molecule has 2 rings (SSSR count). The smallest absolute Gasteiger partial charge is 0.303 e. The van der Waals surface area contributed by atoms with Gasteiger partial charge in [-0.15, -0.1) is 0 Å². The zero-order valence-electron chi connectivity index (χ0n) is 11.9. The number of benzene rings is 1. The normalized spacial score (nSPS) is 13.7. The quantitative estimate of drug-likeness (QED) is 0.708. The topological polar surface area (TPSA) is 65.0 Å². The molecule has 1 aromatic rings. The van der Waals surface area contributed by atoms with Crippen molar-refractivity contribution in [3.63, 3.8) is 0 Å². The van der Waals surface area contributed by atoms with E-state index in [0.29, 0.717) is 13.0 Å². The molecule has 0 saturated heterocycles. The zero-order chi connectivity index (χ0) is 14.9. The van der Waals surface area contributed by atoms with Crippen molar-refractivity contribution in [1.82, 2.24) is 0 Å². The fourth-order valence-corrected chi connectivity index (χ4v) is 2.01. The van der Waals surface area contributed by atoms with E-state index in [2.05, 4.69) is 0 Å². The molecule has 0 saturated carbocycles. The van der Waals surface area contributed by atoms with E-state index in [0.717, 1.165) is 30.6 Å². The SMILES string of the molecule is O=C(O)CCc1ccc(OCCCCC2OC=CO2)cc1. The molecule has 0 amide bonds. The zero-order valence-corrected chi connectivity index (χ0v) is 11.9. The number of carbonyl (C=O) groups is 1. The summed E-state index contributed by atoms with van der Waals surface area (Å²) in [7, 11) is 0. The minimum absolute atomic E-state index is 0.140. The van der Waals surface area contributed by atoms with Gasteiger partial charge < -0.3 is 19.3 Å². The Morgan fingerprint density at radius 2 is 1.86 bits per heavy atom. The number of aryl methyl sites for hydroxylation is 1. The molecule has 5 nitrogen and oxygen atoms in total. The molecule has 0 fully saturated rings. The van der Waals surface area contributed by atoms with E-state index in [1.165, 1.54) is 0 Å². The molecule has 0 atom stereocenters. The van der Waals surface area contributed by atoms with Crippen LogP contribution in [-0.4, -0.2) is 24.0 Å². The van der Waals surface area contributed by atoms with Crippen LogP contribution in [0.1, 0.15) is 31.2 Å². The van der Waals surface area contributed by atoms with Gasteiger partial charge in [-0.05, 0) is 37.0 Å². The van der Waals surface area contributed by atoms with Crippen LogP contribution in [0.5, 0.6) is 5.75 Å². The van der Waals surface area contributed by atoms with Gasteiger partial charge in [0, 0.05) is 12.8 Å². The van der Waals surface area contributed by atoms with Crippen LogP contribution < -0.4 is 4.74 Å². The summed E-state index contributed by atoms with van der Waals surface area (Å²) >= 11 is 0. The van der Waals surface area contributed by atoms with Gasteiger partial charge in [-0.3, -0.25) is 4.79 Å². The van der Waals surface area contributed by atoms with E-state index in [9.17, 15) is 4.79 Å². The lowest BCUT2D eigenvalue weighted by Crippen LogP contribution is -2.07. The number of carboxylic acids is 1. The first-order chi connectivity index (χ1) is 10.2. The van der Waals surface area contributed by atoms with Crippen LogP contribution in [0, 0.1) is 0 Å². The van der Waals surface area contributed by atoms with Crippen molar-refractivity contribution in [2.75, 3.05) is 6.61 Å². The van der Waals surface area contributed by atoms with E-state index >= 15 is 0 Å². The van der Waals surface area contributed by atoms with Crippen molar-refractivity contribution in [2.24, 2.45) is 0 Å². The molecular weight excluding hydrogens is 272 g/mol. The lowest BCUT2D eigenvalue weighted by molar-refractivity contribution is -0.136. The third kappa shape index (κ3) is 5.77. The highest BCUT2D eigenvalue weighted by molar-refractivity contribution is 5.67. The van der Waals surface area contributed by atoms with Gasteiger partial charge in [-0.2, -0.15) is 0 Å². The predicted molar refractivity (Wildman–Crippen MR) is 76.8 cm³/mol. The van der Waals surface area contributed by atoms with Crippen LogP contribution in [0.15, 0.2) is 36.8 Å². The molecule has 1 aromatic carbocycles. The van der Waals surface area contributed by atoms with E-state index in [1.807, 2.05) is 24.3 Å². The van der Waals surface area contributed by atoms with Gasteiger partial charge in [-0.25, -0.2) is 0 Å². The lowest BCUT2D eigenvalue weighted by Gasteiger charge is -2.10.